The van der Waals surface area contributed by atoms with Gasteiger partial charge in [-0.15, -0.1) is 0 Å². The molecule has 0 spiro atoms. The summed E-state index contributed by atoms with van der Waals surface area (Å²) in [5.41, 5.74) is 1.18. The highest BCUT2D eigenvalue weighted by Crippen LogP contribution is 2.23. The lowest BCUT2D eigenvalue weighted by atomic mass is 10.3. The molecular weight excluding hydrogens is 374 g/mol. The van der Waals surface area contributed by atoms with Gasteiger partial charge in [0.1, 0.15) is 0 Å². The molecule has 1 amide bonds. The number of sulfonamides is 1. The van der Waals surface area contributed by atoms with Gasteiger partial charge in [0.05, 0.1) is 11.4 Å². The van der Waals surface area contributed by atoms with Crippen molar-refractivity contribution in [3.05, 3.63) is 53.6 Å². The molecule has 1 aliphatic rings. The van der Waals surface area contributed by atoms with Gasteiger partial charge in [-0.25, -0.2) is 8.42 Å². The van der Waals surface area contributed by atoms with Crippen LogP contribution in [-0.2, 0) is 14.8 Å². The van der Waals surface area contributed by atoms with Gasteiger partial charge in [-0.2, -0.15) is 4.31 Å². The van der Waals surface area contributed by atoms with Crippen molar-refractivity contribution in [3.8, 4) is 0 Å². The van der Waals surface area contributed by atoms with Crippen molar-refractivity contribution in [2.75, 3.05) is 30.3 Å². The molecule has 138 valence electrons. The lowest BCUT2D eigenvalue weighted by Crippen LogP contribution is -2.28. The molecule has 2 aromatic carbocycles. The molecule has 0 aromatic heterocycles. The number of benzene rings is 2. The van der Waals surface area contributed by atoms with Crippen molar-refractivity contribution >= 4 is 38.9 Å². The molecule has 2 aromatic rings. The Hall–Kier alpha value is -2.09. The molecule has 0 unspecified atom stereocenters. The molecule has 1 fully saturated rings. The third kappa shape index (κ3) is 4.55. The first-order chi connectivity index (χ1) is 12.4. The monoisotopic (exact) mass is 393 g/mol. The fraction of sp³-hybridized carbons (Fsp3) is 0.278. The van der Waals surface area contributed by atoms with Crippen LogP contribution in [0.3, 0.4) is 0 Å². The summed E-state index contributed by atoms with van der Waals surface area (Å²) in [5, 5.41) is 6.22. The van der Waals surface area contributed by atoms with Crippen LogP contribution < -0.4 is 10.6 Å². The third-order valence-corrected chi connectivity index (χ3v) is 6.23. The molecule has 1 heterocycles. The smallest absolute Gasteiger partial charge is 0.243 e. The number of hydrogen-bond acceptors (Lipinski definition) is 4. The molecule has 0 saturated carbocycles. The predicted octanol–water partition coefficient (Wildman–Crippen LogP) is 3.18. The van der Waals surface area contributed by atoms with E-state index in [0.29, 0.717) is 29.5 Å². The molecule has 6 nitrogen and oxygen atoms in total. The van der Waals surface area contributed by atoms with Crippen LogP contribution in [0.2, 0.25) is 5.02 Å². The summed E-state index contributed by atoms with van der Waals surface area (Å²) in [4.78, 5) is 12.3. The van der Waals surface area contributed by atoms with Crippen molar-refractivity contribution < 1.29 is 13.2 Å². The van der Waals surface area contributed by atoms with Crippen LogP contribution in [0.5, 0.6) is 0 Å². The van der Waals surface area contributed by atoms with Gasteiger partial charge in [0.25, 0.3) is 0 Å². The van der Waals surface area contributed by atoms with E-state index >= 15 is 0 Å². The highest BCUT2D eigenvalue weighted by Gasteiger charge is 2.27. The maximum Gasteiger partial charge on any atom is 0.243 e. The molecule has 26 heavy (non-hydrogen) atoms. The minimum atomic E-state index is -3.47. The summed E-state index contributed by atoms with van der Waals surface area (Å²) in [5.74, 6) is -0.250. The predicted molar refractivity (Wildman–Crippen MR) is 103 cm³/mol. The second-order valence-corrected chi connectivity index (χ2v) is 8.43. The topological polar surface area (TPSA) is 78.5 Å². The maximum atomic E-state index is 12.6. The van der Waals surface area contributed by atoms with Gasteiger partial charge in [-0.3, -0.25) is 4.79 Å². The fourth-order valence-electron chi connectivity index (χ4n) is 2.80. The van der Waals surface area contributed by atoms with Crippen LogP contribution >= 0.6 is 11.6 Å². The summed E-state index contributed by atoms with van der Waals surface area (Å²) >= 11 is 5.89. The summed E-state index contributed by atoms with van der Waals surface area (Å²) in [6.07, 6.45) is 1.78. The van der Waals surface area contributed by atoms with Crippen molar-refractivity contribution in [3.63, 3.8) is 0 Å². The largest absolute Gasteiger partial charge is 0.376 e. The summed E-state index contributed by atoms with van der Waals surface area (Å²) < 4.78 is 26.7. The Kier molecular flexibility index (Phi) is 5.80. The maximum absolute atomic E-state index is 12.6. The van der Waals surface area contributed by atoms with E-state index in [4.69, 9.17) is 11.6 Å². The summed E-state index contributed by atoms with van der Waals surface area (Å²) in [6.45, 7) is 1.13. The first-order valence-corrected chi connectivity index (χ1v) is 10.2. The van der Waals surface area contributed by atoms with Crippen molar-refractivity contribution in [2.45, 2.75) is 17.7 Å². The van der Waals surface area contributed by atoms with Crippen molar-refractivity contribution in [1.29, 1.82) is 0 Å². The Balaban J connectivity index is 1.63. The second-order valence-electron chi connectivity index (χ2n) is 6.05. The number of amides is 1. The van der Waals surface area contributed by atoms with Gasteiger partial charge in [0.15, 0.2) is 0 Å². The van der Waals surface area contributed by atoms with Crippen LogP contribution in [0.25, 0.3) is 0 Å². The zero-order chi connectivity index (χ0) is 18.6. The number of nitrogens with zero attached hydrogens (tertiary/aromatic N) is 1. The Bertz CT molecular complexity index is 896. The quantitative estimate of drug-likeness (QED) is 0.790. The molecule has 2 N–H and O–H groups in total. The second kappa shape index (κ2) is 8.07. The average Bonchev–Trinajstić information content (AvgIpc) is 3.16. The average molecular weight is 394 g/mol. The Labute approximate surface area is 158 Å². The number of nitrogens with one attached hydrogen (secondary N) is 2. The number of carbonyl (C=O) groups is 1. The molecule has 0 bridgehead atoms. The highest BCUT2D eigenvalue weighted by atomic mass is 35.5. The first kappa shape index (κ1) is 18.7. The van der Waals surface area contributed by atoms with E-state index in [2.05, 4.69) is 10.6 Å². The van der Waals surface area contributed by atoms with Crippen LogP contribution in [0.15, 0.2) is 53.4 Å². The van der Waals surface area contributed by atoms with Crippen LogP contribution in [0.1, 0.15) is 12.8 Å². The molecular formula is C18H20ClN3O3S. The minimum absolute atomic E-state index is 0.0136. The standard InChI is InChI=1S/C18H20ClN3O3S/c19-14-5-3-7-16(11-14)21-18(23)13-20-15-6-4-8-17(12-15)26(24,25)22-9-1-2-10-22/h3-8,11-12,20H,1-2,9-10,13H2,(H,21,23). The van der Waals surface area contributed by atoms with E-state index < -0.39 is 10.0 Å². The minimum Gasteiger partial charge on any atom is -0.376 e. The van der Waals surface area contributed by atoms with Crippen molar-refractivity contribution in [2.24, 2.45) is 0 Å². The first-order valence-electron chi connectivity index (χ1n) is 8.35. The Morgan fingerprint density at radius 2 is 1.73 bits per heavy atom. The lowest BCUT2D eigenvalue weighted by molar-refractivity contribution is -0.114. The van der Waals surface area contributed by atoms with Crippen LogP contribution in [0, 0.1) is 0 Å². The van der Waals surface area contributed by atoms with E-state index in [-0.39, 0.29) is 17.3 Å². The fourth-order valence-corrected chi connectivity index (χ4v) is 4.55. The zero-order valence-electron chi connectivity index (χ0n) is 14.1. The number of carbonyl (C=O) groups excluding carboxylic acids is 1. The normalized spacial score (nSPS) is 15.0. The van der Waals surface area contributed by atoms with E-state index in [1.54, 1.807) is 48.5 Å². The Morgan fingerprint density at radius 1 is 1.04 bits per heavy atom. The van der Waals surface area contributed by atoms with Gasteiger partial charge >= 0.3 is 0 Å². The lowest BCUT2D eigenvalue weighted by Gasteiger charge is -2.16. The SMILES string of the molecule is O=C(CNc1cccc(S(=O)(=O)N2CCCC2)c1)Nc1cccc(Cl)c1. The van der Waals surface area contributed by atoms with Crippen molar-refractivity contribution in [1.82, 2.24) is 4.31 Å². The van der Waals surface area contributed by atoms with Crippen LogP contribution in [0.4, 0.5) is 11.4 Å². The number of anilines is 2. The number of halogens is 1. The molecule has 0 aliphatic carbocycles. The van der Waals surface area contributed by atoms with Gasteiger partial charge in [-0.1, -0.05) is 23.7 Å². The van der Waals surface area contributed by atoms with Crippen LogP contribution in [-0.4, -0.2) is 38.3 Å². The third-order valence-electron chi connectivity index (χ3n) is 4.10. The molecule has 1 aliphatic heterocycles. The molecule has 0 atom stereocenters. The van der Waals surface area contributed by atoms with Gasteiger partial charge < -0.3 is 10.6 Å². The van der Waals surface area contributed by atoms with Gasteiger partial charge in [-0.05, 0) is 49.2 Å². The van der Waals surface area contributed by atoms with E-state index in [1.165, 1.54) is 4.31 Å². The summed E-state index contributed by atoms with van der Waals surface area (Å²) in [7, 11) is -3.47. The van der Waals surface area contributed by atoms with Gasteiger partial charge in [0, 0.05) is 29.5 Å². The van der Waals surface area contributed by atoms with E-state index in [1.807, 2.05) is 0 Å². The molecule has 8 heteroatoms. The number of hydrogen-bond donors (Lipinski definition) is 2. The Morgan fingerprint density at radius 3 is 2.46 bits per heavy atom. The van der Waals surface area contributed by atoms with E-state index in [9.17, 15) is 13.2 Å². The van der Waals surface area contributed by atoms with Gasteiger partial charge in [0.2, 0.25) is 15.9 Å². The number of rotatable bonds is 6. The summed E-state index contributed by atoms with van der Waals surface area (Å²) in [6, 6.07) is 13.4. The molecule has 1 saturated heterocycles. The van der Waals surface area contributed by atoms with E-state index in [0.717, 1.165) is 12.8 Å². The molecule has 0 radical (unpaired) electrons. The highest BCUT2D eigenvalue weighted by molar-refractivity contribution is 7.89. The zero-order valence-corrected chi connectivity index (χ0v) is 15.7. The molecule has 3 rings (SSSR count).